The number of rotatable bonds is 7. The zero-order valence-corrected chi connectivity index (χ0v) is 14.4. The van der Waals surface area contributed by atoms with E-state index in [1.807, 2.05) is 0 Å². The van der Waals surface area contributed by atoms with Crippen molar-refractivity contribution in [3.63, 3.8) is 0 Å². The Labute approximate surface area is 140 Å². The summed E-state index contributed by atoms with van der Waals surface area (Å²) in [6.45, 7) is 7.10. The minimum atomic E-state index is 0.366. The SMILES string of the molecule is CCCN1CCC(CCNc2cc(C3CC(N)C3)ncn2)CC1. The van der Waals surface area contributed by atoms with E-state index in [2.05, 4.69) is 33.2 Å². The average Bonchev–Trinajstić information content (AvgIpc) is 2.54. The van der Waals surface area contributed by atoms with E-state index in [4.69, 9.17) is 5.73 Å². The smallest absolute Gasteiger partial charge is 0.129 e. The molecule has 23 heavy (non-hydrogen) atoms. The molecule has 1 saturated carbocycles. The van der Waals surface area contributed by atoms with Crippen molar-refractivity contribution in [1.82, 2.24) is 14.9 Å². The molecule has 0 aromatic carbocycles. The molecule has 1 aromatic rings. The lowest BCUT2D eigenvalue weighted by molar-refractivity contribution is 0.181. The van der Waals surface area contributed by atoms with Crippen LogP contribution < -0.4 is 11.1 Å². The van der Waals surface area contributed by atoms with Gasteiger partial charge in [-0.1, -0.05) is 6.92 Å². The monoisotopic (exact) mass is 317 g/mol. The highest BCUT2D eigenvalue weighted by Crippen LogP contribution is 2.34. The Morgan fingerprint density at radius 1 is 1.26 bits per heavy atom. The maximum Gasteiger partial charge on any atom is 0.129 e. The fraction of sp³-hybridized carbons (Fsp3) is 0.778. The summed E-state index contributed by atoms with van der Waals surface area (Å²) in [4.78, 5) is 11.4. The molecular formula is C18H31N5. The van der Waals surface area contributed by atoms with Crippen molar-refractivity contribution in [2.45, 2.75) is 57.4 Å². The molecule has 5 heteroatoms. The van der Waals surface area contributed by atoms with Crippen molar-refractivity contribution >= 4 is 5.82 Å². The minimum absolute atomic E-state index is 0.366. The van der Waals surface area contributed by atoms with Crippen LogP contribution in [0.2, 0.25) is 0 Å². The van der Waals surface area contributed by atoms with Crippen molar-refractivity contribution in [2.24, 2.45) is 11.7 Å². The van der Waals surface area contributed by atoms with Crippen LogP contribution in [0.4, 0.5) is 5.82 Å². The maximum absolute atomic E-state index is 5.87. The highest BCUT2D eigenvalue weighted by molar-refractivity contribution is 5.36. The number of anilines is 1. The Morgan fingerprint density at radius 3 is 2.74 bits per heavy atom. The highest BCUT2D eigenvalue weighted by Gasteiger charge is 2.28. The van der Waals surface area contributed by atoms with Crippen molar-refractivity contribution in [1.29, 1.82) is 0 Å². The van der Waals surface area contributed by atoms with Gasteiger partial charge in [-0.3, -0.25) is 0 Å². The molecule has 3 N–H and O–H groups in total. The minimum Gasteiger partial charge on any atom is -0.370 e. The summed E-state index contributed by atoms with van der Waals surface area (Å²) < 4.78 is 0. The largest absolute Gasteiger partial charge is 0.370 e. The van der Waals surface area contributed by atoms with Crippen LogP contribution in [-0.2, 0) is 0 Å². The number of nitrogens with two attached hydrogens (primary N) is 1. The molecule has 3 rings (SSSR count). The molecule has 1 aromatic heterocycles. The summed E-state index contributed by atoms with van der Waals surface area (Å²) in [5.41, 5.74) is 7.02. The summed E-state index contributed by atoms with van der Waals surface area (Å²) in [6.07, 6.45) is 9.01. The van der Waals surface area contributed by atoms with Crippen LogP contribution in [0.25, 0.3) is 0 Å². The number of hydrogen-bond donors (Lipinski definition) is 2. The molecular weight excluding hydrogens is 286 g/mol. The van der Waals surface area contributed by atoms with Crippen LogP contribution in [0, 0.1) is 5.92 Å². The van der Waals surface area contributed by atoms with Gasteiger partial charge < -0.3 is 16.0 Å². The lowest BCUT2D eigenvalue weighted by Gasteiger charge is -2.32. The number of nitrogens with one attached hydrogen (secondary N) is 1. The topological polar surface area (TPSA) is 67.1 Å². The van der Waals surface area contributed by atoms with Crippen LogP contribution in [0.1, 0.15) is 57.1 Å². The van der Waals surface area contributed by atoms with Crippen molar-refractivity contribution in [3.8, 4) is 0 Å². The lowest BCUT2D eigenvalue weighted by Crippen LogP contribution is -2.35. The number of likely N-dealkylation sites (tertiary alicyclic amines) is 1. The summed E-state index contributed by atoms with van der Waals surface area (Å²) in [6, 6.07) is 2.48. The fourth-order valence-electron chi connectivity index (χ4n) is 3.81. The molecule has 0 radical (unpaired) electrons. The van der Waals surface area contributed by atoms with Gasteiger partial charge in [0.15, 0.2) is 0 Å². The van der Waals surface area contributed by atoms with Gasteiger partial charge in [-0.2, -0.15) is 0 Å². The van der Waals surface area contributed by atoms with Crippen molar-refractivity contribution in [3.05, 3.63) is 18.1 Å². The Kier molecular flexibility index (Phi) is 5.84. The molecule has 0 bridgehead atoms. The van der Waals surface area contributed by atoms with E-state index in [1.165, 1.54) is 45.3 Å². The van der Waals surface area contributed by atoms with Gasteiger partial charge in [0, 0.05) is 30.3 Å². The molecule has 0 spiro atoms. The standard InChI is InChI=1S/C18H31N5/c1-2-7-23-8-4-14(5-9-23)3-6-20-18-12-17(21-13-22-18)15-10-16(19)11-15/h12-16H,2-11,19H2,1H3,(H,20,21,22). The first kappa shape index (κ1) is 16.7. The van der Waals surface area contributed by atoms with Crippen molar-refractivity contribution in [2.75, 3.05) is 31.5 Å². The second-order valence-corrected chi connectivity index (χ2v) is 7.26. The molecule has 1 saturated heterocycles. The lowest BCUT2D eigenvalue weighted by atomic mass is 9.79. The van der Waals surface area contributed by atoms with Gasteiger partial charge in [0.25, 0.3) is 0 Å². The summed E-state index contributed by atoms with van der Waals surface area (Å²) >= 11 is 0. The van der Waals surface area contributed by atoms with E-state index in [1.54, 1.807) is 6.33 Å². The fourth-order valence-corrected chi connectivity index (χ4v) is 3.81. The number of nitrogens with zero attached hydrogens (tertiary/aromatic N) is 3. The number of aromatic nitrogens is 2. The van der Waals surface area contributed by atoms with Gasteiger partial charge in [0.05, 0.1) is 0 Å². The normalized spacial score (nSPS) is 26.0. The van der Waals surface area contributed by atoms with Crippen LogP contribution in [-0.4, -0.2) is 47.1 Å². The van der Waals surface area contributed by atoms with Gasteiger partial charge in [0.2, 0.25) is 0 Å². The Bertz CT molecular complexity index is 478. The Balaban J connectivity index is 1.38. The second-order valence-electron chi connectivity index (χ2n) is 7.26. The third-order valence-corrected chi connectivity index (χ3v) is 5.39. The summed E-state index contributed by atoms with van der Waals surface area (Å²) in [5, 5.41) is 3.49. The van der Waals surface area contributed by atoms with E-state index >= 15 is 0 Å². The summed E-state index contributed by atoms with van der Waals surface area (Å²) in [5.74, 6) is 2.37. The van der Waals surface area contributed by atoms with E-state index < -0.39 is 0 Å². The van der Waals surface area contributed by atoms with E-state index in [0.29, 0.717) is 12.0 Å². The predicted octanol–water partition coefficient (Wildman–Crippen LogP) is 2.61. The molecule has 5 nitrogen and oxygen atoms in total. The predicted molar refractivity (Wildman–Crippen MR) is 94.5 cm³/mol. The van der Waals surface area contributed by atoms with Crippen molar-refractivity contribution < 1.29 is 0 Å². The van der Waals surface area contributed by atoms with Crippen LogP contribution in [0.5, 0.6) is 0 Å². The van der Waals surface area contributed by atoms with Gasteiger partial charge in [-0.15, -0.1) is 0 Å². The molecule has 128 valence electrons. The second kappa shape index (κ2) is 8.06. The molecule has 1 aliphatic heterocycles. The maximum atomic E-state index is 5.87. The Morgan fingerprint density at radius 2 is 2.04 bits per heavy atom. The van der Waals surface area contributed by atoms with Crippen LogP contribution >= 0.6 is 0 Å². The van der Waals surface area contributed by atoms with Gasteiger partial charge in [-0.05, 0) is 64.1 Å². The molecule has 2 aliphatic rings. The van der Waals surface area contributed by atoms with Crippen LogP contribution in [0.15, 0.2) is 12.4 Å². The van der Waals surface area contributed by atoms with Gasteiger partial charge >= 0.3 is 0 Å². The van der Waals surface area contributed by atoms with E-state index in [0.717, 1.165) is 36.8 Å². The molecule has 0 amide bonds. The zero-order valence-electron chi connectivity index (χ0n) is 14.4. The molecule has 1 aliphatic carbocycles. The molecule has 0 unspecified atom stereocenters. The Hall–Kier alpha value is -1.20. The molecule has 2 heterocycles. The highest BCUT2D eigenvalue weighted by atomic mass is 15.1. The first-order valence-electron chi connectivity index (χ1n) is 9.28. The van der Waals surface area contributed by atoms with E-state index in [9.17, 15) is 0 Å². The van der Waals surface area contributed by atoms with Gasteiger partial charge in [-0.25, -0.2) is 9.97 Å². The van der Waals surface area contributed by atoms with Gasteiger partial charge in [0.1, 0.15) is 12.1 Å². The third-order valence-electron chi connectivity index (χ3n) is 5.39. The molecule has 0 atom stereocenters. The van der Waals surface area contributed by atoms with E-state index in [-0.39, 0.29) is 0 Å². The third kappa shape index (κ3) is 4.64. The average molecular weight is 317 g/mol. The first-order valence-corrected chi connectivity index (χ1v) is 9.28. The first-order chi connectivity index (χ1) is 11.2. The number of hydrogen-bond acceptors (Lipinski definition) is 5. The quantitative estimate of drug-likeness (QED) is 0.809. The van der Waals surface area contributed by atoms with Crippen LogP contribution in [0.3, 0.4) is 0 Å². The molecule has 2 fully saturated rings. The number of piperidine rings is 1. The summed E-state index contributed by atoms with van der Waals surface area (Å²) in [7, 11) is 0. The zero-order chi connectivity index (χ0) is 16.1.